The van der Waals surface area contributed by atoms with Crippen LogP contribution in [0.1, 0.15) is 26.7 Å². The molecule has 0 aliphatic carbocycles. The summed E-state index contributed by atoms with van der Waals surface area (Å²) in [6, 6.07) is 0.753. The lowest BCUT2D eigenvalue weighted by Gasteiger charge is -2.33. The smallest absolute Gasteiger partial charge is 0.0101 e. The molecule has 0 bridgehead atoms. The Bertz CT molecular complexity index is 172. The van der Waals surface area contributed by atoms with E-state index in [1.54, 1.807) is 0 Å². The van der Waals surface area contributed by atoms with Crippen molar-refractivity contribution in [3.8, 4) is 0 Å². The van der Waals surface area contributed by atoms with E-state index in [1.807, 2.05) is 0 Å². The van der Waals surface area contributed by atoms with E-state index in [9.17, 15) is 0 Å². The molecule has 96 valence electrons. The first-order valence-electron chi connectivity index (χ1n) is 6.68. The molecule has 0 unspecified atom stereocenters. The van der Waals surface area contributed by atoms with Crippen LogP contribution in [0, 0.1) is 5.92 Å². The molecule has 0 aromatic rings. The molecule has 0 amide bonds. The molecule has 3 nitrogen and oxygen atoms in total. The van der Waals surface area contributed by atoms with Gasteiger partial charge >= 0.3 is 0 Å². The highest BCUT2D eigenvalue weighted by atomic mass is 15.1. The molecule has 0 radical (unpaired) electrons. The lowest BCUT2D eigenvalue weighted by atomic mass is 10.0. The van der Waals surface area contributed by atoms with Gasteiger partial charge in [0.05, 0.1) is 0 Å². The number of rotatable bonds is 6. The molecule has 1 aliphatic rings. The maximum absolute atomic E-state index is 3.66. The SMILES string of the molecule is CC(C)CN1CCC(NCCN(C)C)CC1. The van der Waals surface area contributed by atoms with Crippen molar-refractivity contribution < 1.29 is 0 Å². The van der Waals surface area contributed by atoms with Crippen molar-refractivity contribution in [1.82, 2.24) is 15.1 Å². The molecule has 1 fully saturated rings. The number of nitrogens with zero attached hydrogens (tertiary/aromatic N) is 2. The zero-order valence-corrected chi connectivity index (χ0v) is 11.5. The minimum atomic E-state index is 0.753. The molecule has 0 aromatic heterocycles. The van der Waals surface area contributed by atoms with Crippen molar-refractivity contribution in [2.75, 3.05) is 46.8 Å². The van der Waals surface area contributed by atoms with Gasteiger partial charge in [-0.2, -0.15) is 0 Å². The molecule has 0 spiro atoms. The van der Waals surface area contributed by atoms with E-state index in [2.05, 4.69) is 43.1 Å². The van der Waals surface area contributed by atoms with Crippen LogP contribution in [0.3, 0.4) is 0 Å². The number of hydrogen-bond donors (Lipinski definition) is 1. The predicted octanol–water partition coefficient (Wildman–Crippen LogP) is 1.26. The molecular weight excluding hydrogens is 198 g/mol. The van der Waals surface area contributed by atoms with Gasteiger partial charge in [-0.3, -0.25) is 0 Å². The topological polar surface area (TPSA) is 18.5 Å². The quantitative estimate of drug-likeness (QED) is 0.737. The zero-order valence-electron chi connectivity index (χ0n) is 11.5. The van der Waals surface area contributed by atoms with Crippen molar-refractivity contribution in [3.05, 3.63) is 0 Å². The van der Waals surface area contributed by atoms with E-state index < -0.39 is 0 Å². The largest absolute Gasteiger partial charge is 0.313 e. The molecule has 0 aromatic carbocycles. The van der Waals surface area contributed by atoms with E-state index >= 15 is 0 Å². The van der Waals surface area contributed by atoms with E-state index in [0.717, 1.165) is 25.0 Å². The maximum atomic E-state index is 3.66. The molecular formula is C13H29N3. The third-order valence-electron chi connectivity index (χ3n) is 3.20. The second-order valence-electron chi connectivity index (χ2n) is 5.73. The minimum Gasteiger partial charge on any atom is -0.313 e. The average Bonchev–Trinajstić information content (AvgIpc) is 2.19. The summed E-state index contributed by atoms with van der Waals surface area (Å²) in [7, 11) is 4.26. The van der Waals surface area contributed by atoms with Crippen molar-refractivity contribution in [3.63, 3.8) is 0 Å². The van der Waals surface area contributed by atoms with Crippen LogP contribution in [0.4, 0.5) is 0 Å². The summed E-state index contributed by atoms with van der Waals surface area (Å²) in [5, 5.41) is 3.66. The highest BCUT2D eigenvalue weighted by Crippen LogP contribution is 2.11. The third-order valence-corrected chi connectivity index (χ3v) is 3.20. The van der Waals surface area contributed by atoms with Gasteiger partial charge in [0.15, 0.2) is 0 Å². The fourth-order valence-corrected chi connectivity index (χ4v) is 2.33. The maximum Gasteiger partial charge on any atom is 0.0101 e. The first-order chi connectivity index (χ1) is 7.58. The highest BCUT2D eigenvalue weighted by molar-refractivity contribution is 4.77. The van der Waals surface area contributed by atoms with Gasteiger partial charge in [0, 0.05) is 25.7 Å². The molecule has 1 aliphatic heterocycles. The first-order valence-corrected chi connectivity index (χ1v) is 6.68. The van der Waals surface area contributed by atoms with Crippen molar-refractivity contribution in [2.24, 2.45) is 5.92 Å². The van der Waals surface area contributed by atoms with Gasteiger partial charge in [-0.1, -0.05) is 13.8 Å². The third kappa shape index (κ3) is 5.83. The van der Waals surface area contributed by atoms with Crippen LogP contribution in [0.5, 0.6) is 0 Å². The molecule has 16 heavy (non-hydrogen) atoms. The highest BCUT2D eigenvalue weighted by Gasteiger charge is 2.18. The van der Waals surface area contributed by atoms with Gasteiger partial charge in [0.2, 0.25) is 0 Å². The number of nitrogens with one attached hydrogen (secondary N) is 1. The van der Waals surface area contributed by atoms with Crippen molar-refractivity contribution in [1.29, 1.82) is 0 Å². The fraction of sp³-hybridized carbons (Fsp3) is 1.00. The van der Waals surface area contributed by atoms with Crippen LogP contribution in [-0.4, -0.2) is 62.7 Å². The standard InChI is InChI=1S/C13H29N3/c1-12(2)11-16-8-5-13(6-9-16)14-7-10-15(3)4/h12-14H,5-11H2,1-4H3. The summed E-state index contributed by atoms with van der Waals surface area (Å²) in [5.74, 6) is 0.804. The lowest BCUT2D eigenvalue weighted by molar-refractivity contribution is 0.179. The van der Waals surface area contributed by atoms with Gasteiger partial charge in [-0.05, 0) is 45.9 Å². The van der Waals surface area contributed by atoms with E-state index in [4.69, 9.17) is 0 Å². The van der Waals surface area contributed by atoms with Crippen molar-refractivity contribution in [2.45, 2.75) is 32.7 Å². The number of hydrogen-bond acceptors (Lipinski definition) is 3. The molecule has 1 heterocycles. The van der Waals surface area contributed by atoms with Crippen LogP contribution in [0.15, 0.2) is 0 Å². The predicted molar refractivity (Wildman–Crippen MR) is 70.9 cm³/mol. The monoisotopic (exact) mass is 227 g/mol. The Balaban J connectivity index is 2.07. The van der Waals surface area contributed by atoms with Crippen LogP contribution < -0.4 is 5.32 Å². The average molecular weight is 227 g/mol. The summed E-state index contributed by atoms with van der Waals surface area (Å²) >= 11 is 0. The lowest BCUT2D eigenvalue weighted by Crippen LogP contribution is -2.45. The summed E-state index contributed by atoms with van der Waals surface area (Å²) in [6.07, 6.45) is 2.64. The summed E-state index contributed by atoms with van der Waals surface area (Å²) < 4.78 is 0. The summed E-state index contributed by atoms with van der Waals surface area (Å²) in [5.41, 5.74) is 0. The van der Waals surface area contributed by atoms with Crippen LogP contribution >= 0.6 is 0 Å². The Morgan fingerprint density at radius 1 is 1.25 bits per heavy atom. The number of piperidine rings is 1. The van der Waals surface area contributed by atoms with Crippen LogP contribution in [0.2, 0.25) is 0 Å². The number of likely N-dealkylation sites (tertiary alicyclic amines) is 1. The second kappa shape index (κ2) is 7.25. The summed E-state index contributed by atoms with van der Waals surface area (Å²) in [6.45, 7) is 10.7. The molecule has 3 heteroatoms. The first kappa shape index (κ1) is 13.9. The Morgan fingerprint density at radius 2 is 1.88 bits per heavy atom. The van der Waals surface area contributed by atoms with E-state index in [1.165, 1.54) is 32.5 Å². The zero-order chi connectivity index (χ0) is 12.0. The Morgan fingerprint density at radius 3 is 2.38 bits per heavy atom. The Kier molecular flexibility index (Phi) is 6.32. The second-order valence-corrected chi connectivity index (χ2v) is 5.73. The van der Waals surface area contributed by atoms with Gasteiger partial charge in [0.1, 0.15) is 0 Å². The minimum absolute atomic E-state index is 0.753. The van der Waals surface area contributed by atoms with Gasteiger partial charge in [0.25, 0.3) is 0 Å². The normalized spacial score (nSPS) is 19.9. The van der Waals surface area contributed by atoms with Gasteiger partial charge < -0.3 is 15.1 Å². The van der Waals surface area contributed by atoms with Crippen molar-refractivity contribution >= 4 is 0 Å². The van der Waals surface area contributed by atoms with Gasteiger partial charge in [-0.25, -0.2) is 0 Å². The van der Waals surface area contributed by atoms with Gasteiger partial charge in [-0.15, -0.1) is 0 Å². The van der Waals surface area contributed by atoms with Crippen LogP contribution in [0.25, 0.3) is 0 Å². The Hall–Kier alpha value is -0.120. The van der Waals surface area contributed by atoms with E-state index in [-0.39, 0.29) is 0 Å². The fourth-order valence-electron chi connectivity index (χ4n) is 2.33. The van der Waals surface area contributed by atoms with Crippen LogP contribution in [-0.2, 0) is 0 Å². The summed E-state index contributed by atoms with van der Waals surface area (Å²) in [4.78, 5) is 4.84. The molecule has 1 N–H and O–H groups in total. The van der Waals surface area contributed by atoms with E-state index in [0.29, 0.717) is 0 Å². The molecule has 0 saturated carbocycles. The number of likely N-dealkylation sites (N-methyl/N-ethyl adjacent to an activating group) is 1. The molecule has 0 atom stereocenters. The Labute approximate surface area is 101 Å². The molecule has 1 saturated heterocycles. The molecule has 1 rings (SSSR count).